The lowest BCUT2D eigenvalue weighted by molar-refractivity contribution is 0.270. The van der Waals surface area contributed by atoms with E-state index in [2.05, 4.69) is 32.3 Å². The maximum Gasteiger partial charge on any atom is 0.191 e. The molecule has 0 radical (unpaired) electrons. The van der Waals surface area contributed by atoms with Crippen LogP contribution < -0.4 is 15.5 Å². The second-order valence-corrected chi connectivity index (χ2v) is 8.56. The van der Waals surface area contributed by atoms with E-state index in [-0.39, 0.29) is 5.82 Å². The number of likely N-dealkylation sites (N-methyl/N-ethyl adjacent to an activating group) is 1. The van der Waals surface area contributed by atoms with Crippen LogP contribution in [0.25, 0.3) is 0 Å². The molecule has 27 heavy (non-hydrogen) atoms. The van der Waals surface area contributed by atoms with Gasteiger partial charge in [-0.3, -0.25) is 4.99 Å². The van der Waals surface area contributed by atoms with Crippen molar-refractivity contribution in [3.8, 4) is 0 Å². The van der Waals surface area contributed by atoms with Gasteiger partial charge < -0.3 is 20.4 Å². The van der Waals surface area contributed by atoms with Gasteiger partial charge in [-0.05, 0) is 42.8 Å². The number of guanidine groups is 1. The van der Waals surface area contributed by atoms with Gasteiger partial charge in [-0.25, -0.2) is 4.39 Å². The number of piperazine rings is 1. The highest BCUT2D eigenvalue weighted by Crippen LogP contribution is 2.25. The zero-order valence-corrected chi connectivity index (χ0v) is 17.3. The number of hydrogen-bond acceptors (Lipinski definition) is 4. The molecule has 0 aliphatic carbocycles. The van der Waals surface area contributed by atoms with E-state index in [4.69, 9.17) is 0 Å². The van der Waals surface area contributed by atoms with Crippen molar-refractivity contribution < 1.29 is 4.39 Å². The average Bonchev–Trinajstić information content (AvgIpc) is 3.22. The Morgan fingerprint density at radius 3 is 2.70 bits per heavy atom. The summed E-state index contributed by atoms with van der Waals surface area (Å²) in [6.45, 7) is 8.51. The minimum atomic E-state index is -0.135. The third-order valence-corrected chi connectivity index (χ3v) is 6.78. The first-order valence-electron chi connectivity index (χ1n) is 10.0. The van der Waals surface area contributed by atoms with Crippen LogP contribution in [0.2, 0.25) is 0 Å². The largest absolute Gasteiger partial charge is 0.367 e. The summed E-state index contributed by atoms with van der Waals surface area (Å²) in [7, 11) is 1.77. The molecule has 2 N–H and O–H groups in total. The zero-order chi connectivity index (χ0) is 19.1. The molecule has 0 aromatic heterocycles. The zero-order valence-electron chi connectivity index (χ0n) is 16.5. The van der Waals surface area contributed by atoms with Crippen molar-refractivity contribution in [1.82, 2.24) is 15.5 Å². The van der Waals surface area contributed by atoms with Gasteiger partial charge in [0.25, 0.3) is 0 Å². The SMILES string of the molecule is CCN1CCN(c2ccc(CNC(=NC)NCC3CCCS3)cc2F)CC1. The lowest BCUT2D eigenvalue weighted by Gasteiger charge is -2.35. The summed E-state index contributed by atoms with van der Waals surface area (Å²) < 4.78 is 14.6. The fraction of sp³-hybridized carbons (Fsp3) is 0.650. The van der Waals surface area contributed by atoms with E-state index < -0.39 is 0 Å². The predicted molar refractivity (Wildman–Crippen MR) is 114 cm³/mol. The second kappa shape index (κ2) is 10.2. The lowest BCUT2D eigenvalue weighted by Crippen LogP contribution is -2.46. The van der Waals surface area contributed by atoms with Crippen molar-refractivity contribution in [2.24, 2.45) is 4.99 Å². The Balaban J connectivity index is 1.49. The maximum absolute atomic E-state index is 14.6. The highest BCUT2D eigenvalue weighted by atomic mass is 32.2. The first kappa shape index (κ1) is 20.3. The summed E-state index contributed by atoms with van der Waals surface area (Å²) in [5, 5.41) is 7.35. The summed E-state index contributed by atoms with van der Waals surface area (Å²) in [6.07, 6.45) is 2.58. The quantitative estimate of drug-likeness (QED) is 0.574. The van der Waals surface area contributed by atoms with E-state index in [9.17, 15) is 4.39 Å². The van der Waals surface area contributed by atoms with Gasteiger partial charge in [0.2, 0.25) is 0 Å². The number of thioether (sulfide) groups is 1. The van der Waals surface area contributed by atoms with Crippen LogP contribution in [0, 0.1) is 5.82 Å². The number of rotatable bonds is 6. The molecule has 2 fully saturated rings. The topological polar surface area (TPSA) is 42.9 Å². The van der Waals surface area contributed by atoms with Gasteiger partial charge in [0.05, 0.1) is 5.69 Å². The highest BCUT2D eigenvalue weighted by Gasteiger charge is 2.19. The monoisotopic (exact) mass is 393 g/mol. The number of benzene rings is 1. The third-order valence-electron chi connectivity index (χ3n) is 5.38. The van der Waals surface area contributed by atoms with Gasteiger partial charge in [-0.15, -0.1) is 0 Å². The molecule has 150 valence electrons. The Kier molecular flexibility index (Phi) is 7.64. The van der Waals surface area contributed by atoms with Crippen molar-refractivity contribution in [1.29, 1.82) is 0 Å². The van der Waals surface area contributed by atoms with E-state index in [0.29, 0.717) is 11.8 Å². The average molecular weight is 394 g/mol. The molecule has 0 amide bonds. The van der Waals surface area contributed by atoms with Crippen molar-refractivity contribution in [3.05, 3.63) is 29.6 Å². The molecule has 2 saturated heterocycles. The number of halogens is 1. The van der Waals surface area contributed by atoms with E-state index >= 15 is 0 Å². The van der Waals surface area contributed by atoms with Crippen LogP contribution in [-0.2, 0) is 6.54 Å². The molecule has 1 aromatic carbocycles. The van der Waals surface area contributed by atoms with Crippen LogP contribution in [0.1, 0.15) is 25.3 Å². The Labute approximate surface area is 166 Å². The van der Waals surface area contributed by atoms with Crippen molar-refractivity contribution in [2.45, 2.75) is 31.6 Å². The van der Waals surface area contributed by atoms with Gasteiger partial charge in [-0.1, -0.05) is 13.0 Å². The lowest BCUT2D eigenvalue weighted by atomic mass is 10.1. The second-order valence-electron chi connectivity index (χ2n) is 7.15. The summed E-state index contributed by atoms with van der Waals surface area (Å²) in [5.74, 6) is 1.91. The molecule has 3 rings (SSSR count). The Morgan fingerprint density at radius 2 is 2.07 bits per heavy atom. The molecule has 2 aliphatic rings. The normalized spacial score (nSPS) is 21.5. The maximum atomic E-state index is 14.6. The molecular weight excluding hydrogens is 361 g/mol. The standard InChI is InChI=1S/C20H32FN5S/c1-3-25-8-10-26(11-9-25)19-7-6-16(13-18(19)21)14-23-20(22-2)24-15-17-5-4-12-27-17/h6-7,13,17H,3-5,8-12,14-15H2,1-2H3,(H2,22,23,24). The Hall–Kier alpha value is -1.47. The molecule has 1 unspecified atom stereocenters. The number of nitrogens with zero attached hydrogens (tertiary/aromatic N) is 3. The Bertz CT molecular complexity index is 625. The van der Waals surface area contributed by atoms with Crippen LogP contribution in [0.3, 0.4) is 0 Å². The molecule has 2 heterocycles. The molecule has 0 saturated carbocycles. The fourth-order valence-electron chi connectivity index (χ4n) is 3.64. The first-order valence-corrected chi connectivity index (χ1v) is 11.1. The van der Waals surface area contributed by atoms with Crippen molar-refractivity contribution in [2.75, 3.05) is 57.0 Å². The summed E-state index contributed by atoms with van der Waals surface area (Å²) >= 11 is 2.03. The highest BCUT2D eigenvalue weighted by molar-refractivity contribution is 8.00. The van der Waals surface area contributed by atoms with Gasteiger partial charge in [0.15, 0.2) is 5.96 Å². The summed E-state index contributed by atoms with van der Waals surface area (Å²) in [6, 6.07) is 5.58. The van der Waals surface area contributed by atoms with Crippen molar-refractivity contribution >= 4 is 23.4 Å². The fourth-order valence-corrected chi connectivity index (χ4v) is 4.85. The third kappa shape index (κ3) is 5.75. The molecular formula is C20H32FN5S. The molecule has 0 bridgehead atoms. The van der Waals surface area contributed by atoms with E-state index in [0.717, 1.165) is 56.5 Å². The minimum Gasteiger partial charge on any atom is -0.367 e. The molecule has 7 heteroatoms. The number of anilines is 1. The first-order chi connectivity index (χ1) is 13.2. The molecule has 1 atom stereocenters. The van der Waals surface area contributed by atoms with Crippen LogP contribution in [0.4, 0.5) is 10.1 Å². The summed E-state index contributed by atoms with van der Waals surface area (Å²) in [4.78, 5) is 8.82. The van der Waals surface area contributed by atoms with E-state index in [1.807, 2.05) is 23.9 Å². The predicted octanol–water partition coefficient (Wildman–Crippen LogP) is 2.53. The van der Waals surface area contributed by atoms with E-state index in [1.54, 1.807) is 13.1 Å². The van der Waals surface area contributed by atoms with Gasteiger partial charge >= 0.3 is 0 Å². The number of aliphatic imine (C=N–C) groups is 1. The van der Waals surface area contributed by atoms with E-state index in [1.165, 1.54) is 18.6 Å². The smallest absolute Gasteiger partial charge is 0.191 e. The summed E-state index contributed by atoms with van der Waals surface area (Å²) in [5.41, 5.74) is 1.65. The molecule has 1 aromatic rings. The van der Waals surface area contributed by atoms with Crippen LogP contribution in [0.15, 0.2) is 23.2 Å². The van der Waals surface area contributed by atoms with Crippen molar-refractivity contribution in [3.63, 3.8) is 0 Å². The van der Waals surface area contributed by atoms with Gasteiger partial charge in [-0.2, -0.15) is 11.8 Å². The molecule has 0 spiro atoms. The molecule has 5 nitrogen and oxygen atoms in total. The number of nitrogens with one attached hydrogen (secondary N) is 2. The minimum absolute atomic E-state index is 0.135. The van der Waals surface area contributed by atoms with Gasteiger partial charge in [0, 0.05) is 51.6 Å². The molecule has 2 aliphatic heterocycles. The van der Waals surface area contributed by atoms with Crippen LogP contribution in [-0.4, -0.2) is 68.2 Å². The van der Waals surface area contributed by atoms with Crippen LogP contribution in [0.5, 0.6) is 0 Å². The van der Waals surface area contributed by atoms with Gasteiger partial charge in [0.1, 0.15) is 5.82 Å². The van der Waals surface area contributed by atoms with Crippen LogP contribution >= 0.6 is 11.8 Å². The Morgan fingerprint density at radius 1 is 1.26 bits per heavy atom. The number of hydrogen-bond donors (Lipinski definition) is 2.